The Labute approximate surface area is 152 Å². The number of fused-ring (bicyclic) bond motifs is 2. The Morgan fingerprint density at radius 2 is 1.88 bits per heavy atom. The summed E-state index contributed by atoms with van der Waals surface area (Å²) in [5.41, 5.74) is 0.719. The molecular weight excluding hydrogens is 333 g/mol. The Morgan fingerprint density at radius 1 is 1.19 bits per heavy atom. The lowest BCUT2D eigenvalue weighted by atomic mass is 9.78. The minimum absolute atomic E-state index is 0.00329. The number of aromatic nitrogens is 2. The van der Waals surface area contributed by atoms with Gasteiger partial charge in [-0.05, 0) is 69.2 Å². The van der Waals surface area contributed by atoms with Gasteiger partial charge in [0.05, 0.1) is 11.8 Å². The molecule has 0 aliphatic heterocycles. The molecule has 1 aromatic carbocycles. The molecule has 1 amide bonds. The summed E-state index contributed by atoms with van der Waals surface area (Å²) in [5, 5.41) is 4.09. The van der Waals surface area contributed by atoms with E-state index in [0.717, 1.165) is 37.9 Å². The lowest BCUT2D eigenvalue weighted by molar-refractivity contribution is -0.137. The maximum Gasteiger partial charge on any atom is 0.231 e. The monoisotopic (exact) mass is 357 g/mol. The smallest absolute Gasteiger partial charge is 0.231 e. The average Bonchev–Trinajstić information content (AvgIpc) is 3.38. The van der Waals surface area contributed by atoms with Crippen LogP contribution in [0.25, 0.3) is 11.4 Å². The van der Waals surface area contributed by atoms with E-state index in [1.165, 1.54) is 12.1 Å². The number of amides is 1. The van der Waals surface area contributed by atoms with Crippen LogP contribution >= 0.6 is 0 Å². The van der Waals surface area contributed by atoms with Crippen LogP contribution in [0.3, 0.4) is 0 Å². The average molecular weight is 357 g/mol. The fraction of sp³-hybridized carbons (Fsp3) is 0.550. The third-order valence-corrected chi connectivity index (χ3v) is 6.11. The summed E-state index contributed by atoms with van der Waals surface area (Å²) >= 11 is 0. The van der Waals surface area contributed by atoms with Crippen molar-refractivity contribution in [1.29, 1.82) is 0 Å². The Balaban J connectivity index is 1.63. The number of hydrogen-bond donors (Lipinski definition) is 0. The van der Waals surface area contributed by atoms with Crippen LogP contribution in [0.4, 0.5) is 4.39 Å². The van der Waals surface area contributed by atoms with Gasteiger partial charge in [-0.15, -0.1) is 0 Å². The van der Waals surface area contributed by atoms with Gasteiger partial charge in [-0.2, -0.15) is 4.98 Å². The molecule has 0 saturated heterocycles. The number of hydrogen-bond acceptors (Lipinski definition) is 4. The quantitative estimate of drug-likeness (QED) is 0.815. The molecule has 2 saturated carbocycles. The minimum atomic E-state index is -0.296. The van der Waals surface area contributed by atoms with Crippen molar-refractivity contribution in [2.45, 2.75) is 39.0 Å². The van der Waals surface area contributed by atoms with E-state index in [4.69, 9.17) is 4.52 Å². The van der Waals surface area contributed by atoms with Crippen molar-refractivity contribution >= 4 is 5.91 Å². The largest absolute Gasteiger partial charge is 0.343 e. The van der Waals surface area contributed by atoms with Gasteiger partial charge in [0.25, 0.3) is 0 Å². The van der Waals surface area contributed by atoms with E-state index in [2.05, 4.69) is 10.1 Å². The molecule has 2 aliphatic carbocycles. The molecule has 26 heavy (non-hydrogen) atoms. The van der Waals surface area contributed by atoms with Crippen LogP contribution in [0.15, 0.2) is 28.8 Å². The second-order valence-corrected chi connectivity index (χ2v) is 7.36. The molecule has 2 aliphatic rings. The van der Waals surface area contributed by atoms with Gasteiger partial charge < -0.3 is 9.42 Å². The fourth-order valence-electron chi connectivity index (χ4n) is 4.83. The van der Waals surface area contributed by atoms with Gasteiger partial charge in [-0.25, -0.2) is 4.39 Å². The number of rotatable bonds is 5. The summed E-state index contributed by atoms with van der Waals surface area (Å²) in [6.45, 7) is 5.48. The molecule has 1 aromatic heterocycles. The van der Waals surface area contributed by atoms with E-state index < -0.39 is 0 Å². The van der Waals surface area contributed by atoms with E-state index in [-0.39, 0.29) is 23.6 Å². The van der Waals surface area contributed by atoms with Crippen molar-refractivity contribution in [3.63, 3.8) is 0 Å². The number of halogens is 1. The lowest BCUT2D eigenvalue weighted by Gasteiger charge is -2.31. The summed E-state index contributed by atoms with van der Waals surface area (Å²) in [6, 6.07) is 6.05. The molecule has 2 bridgehead atoms. The number of carbonyl (C=O) groups excluding carboxylic acids is 1. The Morgan fingerprint density at radius 3 is 2.58 bits per heavy atom. The van der Waals surface area contributed by atoms with E-state index in [0.29, 0.717) is 23.6 Å². The van der Waals surface area contributed by atoms with E-state index >= 15 is 0 Å². The van der Waals surface area contributed by atoms with Crippen molar-refractivity contribution in [3.05, 3.63) is 36.0 Å². The molecule has 0 radical (unpaired) electrons. The van der Waals surface area contributed by atoms with Gasteiger partial charge >= 0.3 is 0 Å². The van der Waals surface area contributed by atoms with Gasteiger partial charge in [0.1, 0.15) is 5.82 Å². The Kier molecular flexibility index (Phi) is 4.51. The predicted molar refractivity (Wildman–Crippen MR) is 94.7 cm³/mol. The number of benzene rings is 1. The molecule has 6 heteroatoms. The highest BCUT2D eigenvalue weighted by Gasteiger charge is 2.54. The van der Waals surface area contributed by atoms with Gasteiger partial charge in [0, 0.05) is 18.7 Å². The molecular formula is C20H24FN3O2. The van der Waals surface area contributed by atoms with Gasteiger partial charge in [-0.3, -0.25) is 4.79 Å². The normalized spacial score (nSPS) is 27.0. The molecule has 0 unspecified atom stereocenters. The van der Waals surface area contributed by atoms with Crippen LogP contribution in [0.1, 0.15) is 44.9 Å². The zero-order chi connectivity index (χ0) is 18.3. The molecule has 0 N–H and O–H groups in total. The van der Waals surface area contributed by atoms with Gasteiger partial charge in [0.2, 0.25) is 17.6 Å². The molecule has 1 heterocycles. The summed E-state index contributed by atoms with van der Waals surface area (Å²) in [7, 11) is 0. The molecule has 0 spiro atoms. The SMILES string of the molecule is CCN(CC)C(=O)[C@H]1[C@H]2CC[C@H](C2)[C@@H]1c1nc(-c2ccc(F)cc2)no1. The fourth-order valence-corrected chi connectivity index (χ4v) is 4.83. The predicted octanol–water partition coefficient (Wildman–Crippen LogP) is 3.87. The molecule has 138 valence electrons. The highest BCUT2D eigenvalue weighted by atomic mass is 19.1. The van der Waals surface area contributed by atoms with Crippen molar-refractivity contribution in [3.8, 4) is 11.4 Å². The highest BCUT2D eigenvalue weighted by molar-refractivity contribution is 5.80. The van der Waals surface area contributed by atoms with Crippen LogP contribution in [0.5, 0.6) is 0 Å². The molecule has 2 aromatic rings. The number of carbonyl (C=O) groups is 1. The summed E-state index contributed by atoms with van der Waals surface area (Å²) in [4.78, 5) is 19.6. The van der Waals surface area contributed by atoms with Crippen molar-refractivity contribution in [2.24, 2.45) is 17.8 Å². The van der Waals surface area contributed by atoms with Gasteiger partial charge in [0.15, 0.2) is 0 Å². The van der Waals surface area contributed by atoms with E-state index in [1.54, 1.807) is 12.1 Å². The first-order valence-electron chi connectivity index (χ1n) is 9.50. The van der Waals surface area contributed by atoms with Crippen LogP contribution in [-0.2, 0) is 4.79 Å². The molecule has 5 nitrogen and oxygen atoms in total. The zero-order valence-electron chi connectivity index (χ0n) is 15.2. The first-order chi connectivity index (χ1) is 12.6. The molecule has 4 atom stereocenters. The zero-order valence-corrected chi connectivity index (χ0v) is 15.2. The second kappa shape index (κ2) is 6.82. The van der Waals surface area contributed by atoms with Gasteiger partial charge in [-0.1, -0.05) is 5.16 Å². The number of nitrogens with zero attached hydrogens (tertiary/aromatic N) is 3. The van der Waals surface area contributed by atoms with Crippen molar-refractivity contribution in [2.75, 3.05) is 13.1 Å². The topological polar surface area (TPSA) is 59.2 Å². The Bertz CT molecular complexity index is 785. The summed E-state index contributed by atoms with van der Waals surface area (Å²) in [5.74, 6) is 1.73. The first kappa shape index (κ1) is 17.2. The summed E-state index contributed by atoms with van der Waals surface area (Å²) in [6.07, 6.45) is 3.29. The maximum absolute atomic E-state index is 13.1. The Hall–Kier alpha value is -2.24. The highest BCUT2D eigenvalue weighted by Crippen LogP contribution is 2.56. The van der Waals surface area contributed by atoms with Crippen LogP contribution in [-0.4, -0.2) is 34.0 Å². The van der Waals surface area contributed by atoms with Crippen LogP contribution < -0.4 is 0 Å². The minimum Gasteiger partial charge on any atom is -0.343 e. The van der Waals surface area contributed by atoms with Crippen LogP contribution in [0, 0.1) is 23.6 Å². The van der Waals surface area contributed by atoms with Crippen molar-refractivity contribution < 1.29 is 13.7 Å². The van der Waals surface area contributed by atoms with Crippen LogP contribution in [0.2, 0.25) is 0 Å². The lowest BCUT2D eigenvalue weighted by Crippen LogP contribution is -2.40. The van der Waals surface area contributed by atoms with E-state index in [1.807, 2.05) is 18.7 Å². The third kappa shape index (κ3) is 2.81. The molecule has 4 rings (SSSR count). The molecule has 2 fully saturated rings. The maximum atomic E-state index is 13.1. The van der Waals surface area contributed by atoms with Crippen molar-refractivity contribution in [1.82, 2.24) is 15.0 Å². The standard InChI is InChI=1S/C20H24FN3O2/c1-3-24(4-2)20(25)17-14-6-5-13(11-14)16(17)19-22-18(23-26-19)12-7-9-15(21)10-8-12/h7-10,13-14,16-17H,3-6,11H2,1-2H3/t13-,14+,16+,17+/m1/s1. The summed E-state index contributed by atoms with van der Waals surface area (Å²) < 4.78 is 18.7. The van der Waals surface area contributed by atoms with E-state index in [9.17, 15) is 9.18 Å². The first-order valence-corrected chi connectivity index (χ1v) is 9.50. The third-order valence-electron chi connectivity index (χ3n) is 6.11. The second-order valence-electron chi connectivity index (χ2n) is 7.36.